The number of azo groups is 1. The van der Waals surface area contributed by atoms with Gasteiger partial charge in [-0.3, -0.25) is 4.55 Å². The second-order valence-corrected chi connectivity index (χ2v) is 6.00. The summed E-state index contributed by atoms with van der Waals surface area (Å²) in [6.07, 6.45) is 0. The first-order valence-corrected chi connectivity index (χ1v) is 7.57. The van der Waals surface area contributed by atoms with Crippen LogP contribution in [0.3, 0.4) is 0 Å². The van der Waals surface area contributed by atoms with Gasteiger partial charge in [0.2, 0.25) is 0 Å². The second kappa shape index (κ2) is 7.85. The first-order chi connectivity index (χ1) is 9.86. The average molecular weight is 328 g/mol. The van der Waals surface area contributed by atoms with Crippen molar-refractivity contribution >= 4 is 56.7 Å². The molecule has 6 nitrogen and oxygen atoms in total. The zero-order valence-electron chi connectivity index (χ0n) is 12.6. The van der Waals surface area contributed by atoms with E-state index in [0.717, 1.165) is 5.69 Å². The van der Waals surface area contributed by atoms with Crippen LogP contribution in [0.2, 0.25) is 0 Å². The summed E-state index contributed by atoms with van der Waals surface area (Å²) in [5.74, 6) is 0. The Balaban J connectivity index is 0.00000242. The predicted octanol–water partition coefficient (Wildman–Crippen LogP) is 3.03. The summed E-state index contributed by atoms with van der Waals surface area (Å²) in [7, 11) is -0.273. The first-order valence-electron chi connectivity index (χ1n) is 6.13. The minimum absolute atomic E-state index is 0. The minimum Gasteiger partial charge on any atom is -0.378 e. The van der Waals surface area contributed by atoms with Crippen LogP contribution >= 0.6 is 0 Å². The molecule has 2 aromatic rings. The van der Waals surface area contributed by atoms with E-state index >= 15 is 0 Å². The van der Waals surface area contributed by atoms with Gasteiger partial charge in [-0.25, -0.2) is 0 Å². The van der Waals surface area contributed by atoms with E-state index in [9.17, 15) is 8.42 Å². The third-order valence-electron chi connectivity index (χ3n) is 2.78. The van der Waals surface area contributed by atoms with E-state index in [2.05, 4.69) is 10.2 Å². The van der Waals surface area contributed by atoms with Crippen LogP contribution in [0.1, 0.15) is 0 Å². The Morgan fingerprint density at radius 3 is 1.64 bits per heavy atom. The molecule has 0 bridgehead atoms. The van der Waals surface area contributed by atoms with Gasteiger partial charge in [-0.15, -0.1) is 0 Å². The van der Waals surface area contributed by atoms with E-state index < -0.39 is 10.1 Å². The van der Waals surface area contributed by atoms with E-state index in [-0.39, 0.29) is 34.5 Å². The Bertz CT molecular complexity index is 742. The van der Waals surface area contributed by atoms with Crippen molar-refractivity contribution in [3.8, 4) is 0 Å². The Labute approximate surface area is 151 Å². The molecule has 0 unspecified atom stereocenters. The van der Waals surface area contributed by atoms with Gasteiger partial charge in [-0.05, 0) is 48.5 Å². The summed E-state index contributed by atoms with van der Waals surface area (Å²) in [5, 5.41) is 8.07. The molecule has 0 aliphatic rings. The van der Waals surface area contributed by atoms with Crippen molar-refractivity contribution in [1.29, 1.82) is 0 Å². The number of benzene rings is 2. The molecule has 0 spiro atoms. The van der Waals surface area contributed by atoms with Crippen LogP contribution in [-0.4, -0.2) is 56.6 Å². The Morgan fingerprint density at radius 1 is 0.864 bits per heavy atom. The Hall–Kier alpha value is -1.25. The third-order valence-corrected chi connectivity index (χ3v) is 3.65. The quantitative estimate of drug-likeness (QED) is 0.531. The molecule has 8 heteroatoms. The van der Waals surface area contributed by atoms with Gasteiger partial charge < -0.3 is 4.90 Å². The topological polar surface area (TPSA) is 82.3 Å². The van der Waals surface area contributed by atoms with Gasteiger partial charge in [-0.1, -0.05) is 0 Å². The monoisotopic (exact) mass is 328 g/mol. The van der Waals surface area contributed by atoms with Crippen molar-refractivity contribution in [2.45, 2.75) is 4.90 Å². The zero-order chi connectivity index (χ0) is 15.5. The van der Waals surface area contributed by atoms with Crippen LogP contribution in [0.15, 0.2) is 63.7 Å². The van der Waals surface area contributed by atoms with Gasteiger partial charge >= 0.3 is 0 Å². The fraction of sp³-hybridized carbons (Fsp3) is 0.143. The van der Waals surface area contributed by atoms with E-state index in [1.807, 2.05) is 43.3 Å². The molecule has 1 N–H and O–H groups in total. The van der Waals surface area contributed by atoms with Crippen molar-refractivity contribution in [3.63, 3.8) is 0 Å². The van der Waals surface area contributed by atoms with Crippen molar-refractivity contribution in [2.24, 2.45) is 10.2 Å². The van der Waals surface area contributed by atoms with Gasteiger partial charge in [0, 0.05) is 49.3 Å². The molecule has 0 aromatic heterocycles. The normalized spacial score (nSPS) is 11.2. The molecule has 0 aliphatic carbocycles. The van der Waals surface area contributed by atoms with Crippen LogP contribution in [0, 0.1) is 0 Å². The van der Waals surface area contributed by atoms with Crippen molar-refractivity contribution < 1.29 is 13.0 Å². The maximum absolute atomic E-state index is 10.9. The van der Waals surface area contributed by atoms with E-state index in [4.69, 9.17) is 4.55 Å². The standard InChI is InChI=1S/C14H15N3O3S.Na/c1-17(2)13-7-3-11(4-8-13)15-16-12-5-9-14(10-6-12)21(18,19)20;/h3-10H,1-2H3,(H,18,19,20);. The Morgan fingerprint density at radius 2 is 1.27 bits per heavy atom. The van der Waals surface area contributed by atoms with E-state index in [1.54, 1.807) is 0 Å². The number of anilines is 1. The zero-order valence-corrected chi connectivity index (χ0v) is 15.4. The molecule has 111 valence electrons. The maximum Gasteiger partial charge on any atom is 0.294 e. The summed E-state index contributed by atoms with van der Waals surface area (Å²) in [6, 6.07) is 13.0. The molecule has 1 radical (unpaired) electrons. The predicted molar refractivity (Wildman–Crippen MR) is 87.0 cm³/mol. The fourth-order valence-electron chi connectivity index (χ4n) is 1.62. The van der Waals surface area contributed by atoms with Crippen LogP contribution in [0.25, 0.3) is 0 Å². The SMILES string of the molecule is CN(C)c1ccc(N=Nc2ccc(S(=O)(=O)O)cc2)cc1.[Na]. The van der Waals surface area contributed by atoms with Crippen LogP contribution < -0.4 is 4.90 Å². The van der Waals surface area contributed by atoms with E-state index in [0.29, 0.717) is 11.4 Å². The average Bonchev–Trinajstić information content (AvgIpc) is 2.45. The Kier molecular flexibility index (Phi) is 6.70. The molecule has 0 saturated heterocycles. The molecule has 0 saturated carbocycles. The molecular formula is C14H15N3NaO3S. The first kappa shape index (κ1) is 18.8. The molecule has 0 aliphatic heterocycles. The van der Waals surface area contributed by atoms with E-state index in [1.165, 1.54) is 24.3 Å². The molecule has 0 heterocycles. The smallest absolute Gasteiger partial charge is 0.294 e. The van der Waals surface area contributed by atoms with Gasteiger partial charge in [0.15, 0.2) is 0 Å². The molecule has 2 aromatic carbocycles. The minimum atomic E-state index is -4.18. The van der Waals surface area contributed by atoms with Crippen LogP contribution in [0.5, 0.6) is 0 Å². The molecule has 2 rings (SSSR count). The van der Waals surface area contributed by atoms with Crippen LogP contribution in [0.4, 0.5) is 17.1 Å². The van der Waals surface area contributed by atoms with Crippen molar-refractivity contribution in [2.75, 3.05) is 19.0 Å². The van der Waals surface area contributed by atoms with Crippen LogP contribution in [-0.2, 0) is 10.1 Å². The van der Waals surface area contributed by atoms with Crippen molar-refractivity contribution in [3.05, 3.63) is 48.5 Å². The molecule has 22 heavy (non-hydrogen) atoms. The van der Waals surface area contributed by atoms with Gasteiger partial charge in [-0.2, -0.15) is 18.6 Å². The number of rotatable bonds is 4. The molecule has 0 atom stereocenters. The molecule has 0 fully saturated rings. The summed E-state index contributed by atoms with van der Waals surface area (Å²) >= 11 is 0. The number of hydrogen-bond donors (Lipinski definition) is 1. The largest absolute Gasteiger partial charge is 0.378 e. The third kappa shape index (κ3) is 5.19. The number of hydrogen-bond acceptors (Lipinski definition) is 5. The summed E-state index contributed by atoms with van der Waals surface area (Å²) in [5.41, 5.74) is 2.25. The fourth-order valence-corrected chi connectivity index (χ4v) is 2.10. The molecule has 0 amide bonds. The summed E-state index contributed by atoms with van der Waals surface area (Å²) in [6.45, 7) is 0. The van der Waals surface area contributed by atoms with Gasteiger partial charge in [0.1, 0.15) is 0 Å². The second-order valence-electron chi connectivity index (χ2n) is 4.58. The number of nitrogens with zero attached hydrogens (tertiary/aromatic N) is 3. The van der Waals surface area contributed by atoms with Crippen molar-refractivity contribution in [1.82, 2.24) is 0 Å². The van der Waals surface area contributed by atoms with Gasteiger partial charge in [0.05, 0.1) is 16.3 Å². The summed E-state index contributed by atoms with van der Waals surface area (Å²) < 4.78 is 30.7. The summed E-state index contributed by atoms with van der Waals surface area (Å²) in [4.78, 5) is 1.81. The van der Waals surface area contributed by atoms with Gasteiger partial charge in [0.25, 0.3) is 10.1 Å². The maximum atomic E-state index is 10.9. The molecular weight excluding hydrogens is 313 g/mol.